The van der Waals surface area contributed by atoms with E-state index in [0.717, 1.165) is 18.0 Å². The van der Waals surface area contributed by atoms with Gasteiger partial charge >= 0.3 is 0 Å². The smallest absolute Gasteiger partial charge is 0.0110 e. The second-order valence-electron chi connectivity index (χ2n) is 5.95. The van der Waals surface area contributed by atoms with E-state index in [1.165, 1.54) is 58.2 Å². The average molecular weight is 224 g/mol. The molecule has 3 unspecified atom stereocenters. The molecular formula is C14H28N2. The lowest BCUT2D eigenvalue weighted by molar-refractivity contribution is 0.247. The van der Waals surface area contributed by atoms with Gasteiger partial charge in [0.2, 0.25) is 0 Å². The van der Waals surface area contributed by atoms with Crippen molar-refractivity contribution in [2.24, 2.45) is 5.92 Å². The molecule has 1 saturated carbocycles. The Kier molecular flexibility index (Phi) is 4.66. The van der Waals surface area contributed by atoms with Crippen LogP contribution >= 0.6 is 0 Å². The van der Waals surface area contributed by atoms with Gasteiger partial charge in [0.25, 0.3) is 0 Å². The third-order valence-corrected chi connectivity index (χ3v) is 4.46. The zero-order valence-electron chi connectivity index (χ0n) is 11.0. The van der Waals surface area contributed by atoms with Crippen molar-refractivity contribution in [2.45, 2.75) is 64.5 Å². The molecule has 94 valence electrons. The Morgan fingerprint density at radius 2 is 2.00 bits per heavy atom. The fourth-order valence-corrected chi connectivity index (χ4v) is 3.36. The monoisotopic (exact) mass is 224 g/mol. The van der Waals surface area contributed by atoms with Crippen molar-refractivity contribution in [1.82, 2.24) is 10.2 Å². The highest BCUT2D eigenvalue weighted by Crippen LogP contribution is 2.23. The van der Waals surface area contributed by atoms with Crippen LogP contribution in [0.5, 0.6) is 0 Å². The van der Waals surface area contributed by atoms with Crippen LogP contribution in [-0.4, -0.2) is 36.6 Å². The third-order valence-electron chi connectivity index (χ3n) is 4.46. The zero-order chi connectivity index (χ0) is 11.4. The fraction of sp³-hybridized carbons (Fsp3) is 1.00. The van der Waals surface area contributed by atoms with E-state index in [1.807, 2.05) is 0 Å². The molecule has 2 aliphatic rings. The van der Waals surface area contributed by atoms with E-state index in [2.05, 4.69) is 24.1 Å². The second-order valence-corrected chi connectivity index (χ2v) is 5.95. The van der Waals surface area contributed by atoms with E-state index in [9.17, 15) is 0 Å². The first kappa shape index (κ1) is 12.4. The Balaban J connectivity index is 1.60. The topological polar surface area (TPSA) is 15.3 Å². The first-order valence-corrected chi connectivity index (χ1v) is 7.23. The van der Waals surface area contributed by atoms with Crippen LogP contribution in [0.3, 0.4) is 0 Å². The molecule has 0 spiro atoms. The van der Waals surface area contributed by atoms with Crippen molar-refractivity contribution in [1.29, 1.82) is 0 Å². The van der Waals surface area contributed by atoms with Gasteiger partial charge in [0.1, 0.15) is 0 Å². The second kappa shape index (κ2) is 6.02. The summed E-state index contributed by atoms with van der Waals surface area (Å²) < 4.78 is 0. The molecule has 0 aromatic rings. The number of nitrogens with zero attached hydrogens (tertiary/aromatic N) is 1. The highest BCUT2D eigenvalue weighted by molar-refractivity contribution is 4.79. The summed E-state index contributed by atoms with van der Waals surface area (Å²) >= 11 is 0. The Morgan fingerprint density at radius 1 is 1.12 bits per heavy atom. The van der Waals surface area contributed by atoms with Crippen LogP contribution in [0.1, 0.15) is 52.4 Å². The lowest BCUT2D eigenvalue weighted by Crippen LogP contribution is -2.40. The molecule has 0 amide bonds. The van der Waals surface area contributed by atoms with Crippen LogP contribution in [0, 0.1) is 5.92 Å². The van der Waals surface area contributed by atoms with Gasteiger partial charge in [-0.1, -0.05) is 19.8 Å². The van der Waals surface area contributed by atoms with Crippen molar-refractivity contribution in [3.63, 3.8) is 0 Å². The average Bonchev–Trinajstić information content (AvgIpc) is 2.65. The maximum absolute atomic E-state index is 3.76. The van der Waals surface area contributed by atoms with Crippen LogP contribution in [0.25, 0.3) is 0 Å². The van der Waals surface area contributed by atoms with E-state index in [4.69, 9.17) is 0 Å². The molecule has 1 aliphatic heterocycles. The van der Waals surface area contributed by atoms with E-state index < -0.39 is 0 Å². The van der Waals surface area contributed by atoms with E-state index in [0.29, 0.717) is 0 Å². The number of hydrogen-bond acceptors (Lipinski definition) is 2. The molecule has 16 heavy (non-hydrogen) atoms. The Morgan fingerprint density at radius 3 is 2.69 bits per heavy atom. The van der Waals surface area contributed by atoms with Gasteiger partial charge in [-0.2, -0.15) is 0 Å². The molecule has 1 N–H and O–H groups in total. The minimum Gasteiger partial charge on any atom is -0.313 e. The predicted octanol–water partition coefficient (Wildman–Crippen LogP) is 2.64. The summed E-state index contributed by atoms with van der Waals surface area (Å²) in [6, 6.07) is 1.63. The van der Waals surface area contributed by atoms with Gasteiger partial charge in [0.05, 0.1) is 0 Å². The van der Waals surface area contributed by atoms with E-state index in [-0.39, 0.29) is 0 Å². The first-order chi connectivity index (χ1) is 7.75. The summed E-state index contributed by atoms with van der Waals surface area (Å²) in [7, 11) is 0. The van der Waals surface area contributed by atoms with Gasteiger partial charge in [0, 0.05) is 25.2 Å². The maximum atomic E-state index is 3.76. The summed E-state index contributed by atoms with van der Waals surface area (Å²) in [5.74, 6) is 0.942. The van der Waals surface area contributed by atoms with Gasteiger partial charge in [-0.3, -0.25) is 4.90 Å². The minimum atomic E-state index is 0.807. The van der Waals surface area contributed by atoms with Crippen molar-refractivity contribution in [3.05, 3.63) is 0 Å². The van der Waals surface area contributed by atoms with Crippen LogP contribution in [0.15, 0.2) is 0 Å². The predicted molar refractivity (Wildman–Crippen MR) is 69.7 cm³/mol. The molecule has 1 saturated heterocycles. The summed E-state index contributed by atoms with van der Waals surface area (Å²) in [5, 5.41) is 3.76. The Hall–Kier alpha value is -0.0800. The number of nitrogens with one attached hydrogen (secondary N) is 1. The summed E-state index contributed by atoms with van der Waals surface area (Å²) in [6.07, 6.45) is 8.48. The Labute approximate surface area is 101 Å². The van der Waals surface area contributed by atoms with Gasteiger partial charge in [-0.15, -0.1) is 0 Å². The minimum absolute atomic E-state index is 0.807. The number of likely N-dealkylation sites (tertiary alicyclic amines) is 1. The molecule has 0 aromatic carbocycles. The lowest BCUT2D eigenvalue weighted by Gasteiger charge is -2.29. The van der Waals surface area contributed by atoms with E-state index >= 15 is 0 Å². The molecule has 2 nitrogen and oxygen atoms in total. The molecule has 1 heterocycles. The number of rotatable bonds is 4. The summed E-state index contributed by atoms with van der Waals surface area (Å²) in [5.41, 5.74) is 0. The number of hydrogen-bond donors (Lipinski definition) is 1. The normalized spacial score (nSPS) is 36.8. The van der Waals surface area contributed by atoms with Crippen LogP contribution in [0.2, 0.25) is 0 Å². The first-order valence-electron chi connectivity index (χ1n) is 7.23. The quantitative estimate of drug-likeness (QED) is 0.790. The van der Waals surface area contributed by atoms with Gasteiger partial charge in [-0.25, -0.2) is 0 Å². The highest BCUT2D eigenvalue weighted by Gasteiger charge is 2.21. The third kappa shape index (κ3) is 3.46. The lowest BCUT2D eigenvalue weighted by atomic mass is 9.87. The molecular weight excluding hydrogens is 196 g/mol. The molecule has 1 aliphatic carbocycles. The van der Waals surface area contributed by atoms with Crippen molar-refractivity contribution in [2.75, 3.05) is 19.6 Å². The standard InChI is InChI=1S/C14H28N2/c1-12-5-3-7-14(11-12)15-8-10-16-9-4-6-13(16)2/h12-15H,3-11H2,1-2H3. The summed E-state index contributed by atoms with van der Waals surface area (Å²) in [6.45, 7) is 8.55. The SMILES string of the molecule is CC1CCCC(NCCN2CCCC2C)C1. The molecule has 3 atom stereocenters. The Bertz CT molecular complexity index is 205. The molecule has 0 aromatic heterocycles. The zero-order valence-corrected chi connectivity index (χ0v) is 11.0. The largest absolute Gasteiger partial charge is 0.313 e. The van der Waals surface area contributed by atoms with Gasteiger partial charge in [0.15, 0.2) is 0 Å². The maximum Gasteiger partial charge on any atom is 0.0110 e. The van der Waals surface area contributed by atoms with Crippen LogP contribution in [0.4, 0.5) is 0 Å². The molecule has 2 rings (SSSR count). The van der Waals surface area contributed by atoms with Crippen molar-refractivity contribution in [3.8, 4) is 0 Å². The molecule has 2 fully saturated rings. The van der Waals surface area contributed by atoms with Crippen LogP contribution in [-0.2, 0) is 0 Å². The molecule has 2 heteroatoms. The van der Waals surface area contributed by atoms with E-state index in [1.54, 1.807) is 0 Å². The van der Waals surface area contributed by atoms with Crippen molar-refractivity contribution < 1.29 is 0 Å². The summed E-state index contributed by atoms with van der Waals surface area (Å²) in [4.78, 5) is 2.64. The molecule has 0 bridgehead atoms. The fourth-order valence-electron chi connectivity index (χ4n) is 3.36. The molecule has 0 radical (unpaired) electrons. The van der Waals surface area contributed by atoms with Crippen molar-refractivity contribution >= 4 is 0 Å². The van der Waals surface area contributed by atoms with Gasteiger partial charge < -0.3 is 5.32 Å². The highest BCUT2D eigenvalue weighted by atomic mass is 15.2. The van der Waals surface area contributed by atoms with Crippen LogP contribution < -0.4 is 5.32 Å². The van der Waals surface area contributed by atoms with Gasteiger partial charge in [-0.05, 0) is 45.1 Å².